The molecule has 2 aliphatic rings. The fourth-order valence-corrected chi connectivity index (χ4v) is 3.35. The van der Waals surface area contributed by atoms with Crippen LogP contribution in [0.5, 0.6) is 0 Å². The normalized spacial score (nSPS) is 28.2. The summed E-state index contributed by atoms with van der Waals surface area (Å²) in [4.78, 5) is 23.8. The van der Waals surface area contributed by atoms with Crippen LogP contribution < -0.4 is 10.6 Å². The molecule has 1 saturated heterocycles. The molecule has 2 rings (SSSR count). The lowest BCUT2D eigenvalue weighted by Gasteiger charge is -2.41. The molecule has 5 nitrogen and oxygen atoms in total. The van der Waals surface area contributed by atoms with E-state index in [2.05, 4.69) is 10.6 Å². The van der Waals surface area contributed by atoms with Gasteiger partial charge in [-0.2, -0.15) is 0 Å². The molecule has 1 atom stereocenters. The highest BCUT2D eigenvalue weighted by atomic mass is 32.2. The standard InChI is InChI=1S/C13H22N2O3S/c1-12(2)11(18)15-9(6-19-12)10(17)14-7-13(8-16)4-3-5-13/h9,16H,3-8H2,1-2H3,(H,14,17)(H,15,18)/t9-/m0/s1. The Morgan fingerprint density at radius 2 is 2.21 bits per heavy atom. The molecule has 2 amide bonds. The third-order valence-corrected chi connectivity index (χ3v) is 5.57. The Morgan fingerprint density at radius 3 is 2.68 bits per heavy atom. The van der Waals surface area contributed by atoms with Gasteiger partial charge in [-0.1, -0.05) is 6.42 Å². The minimum Gasteiger partial charge on any atom is -0.396 e. The van der Waals surface area contributed by atoms with Crippen LogP contribution in [-0.4, -0.2) is 46.6 Å². The number of thioether (sulfide) groups is 1. The van der Waals surface area contributed by atoms with Crippen LogP contribution in [0.3, 0.4) is 0 Å². The maximum absolute atomic E-state index is 12.0. The molecule has 6 heteroatoms. The van der Waals surface area contributed by atoms with Gasteiger partial charge >= 0.3 is 0 Å². The van der Waals surface area contributed by atoms with Crippen LogP contribution in [0.2, 0.25) is 0 Å². The Morgan fingerprint density at radius 1 is 1.53 bits per heavy atom. The van der Waals surface area contributed by atoms with Crippen molar-refractivity contribution in [2.75, 3.05) is 18.9 Å². The molecule has 0 radical (unpaired) electrons. The Labute approximate surface area is 117 Å². The minimum atomic E-state index is -0.461. The van der Waals surface area contributed by atoms with Crippen molar-refractivity contribution >= 4 is 23.6 Å². The number of rotatable bonds is 4. The average molecular weight is 286 g/mol. The topological polar surface area (TPSA) is 78.4 Å². The van der Waals surface area contributed by atoms with Gasteiger partial charge in [0.25, 0.3) is 0 Å². The number of hydrogen-bond acceptors (Lipinski definition) is 4. The molecule has 1 aliphatic heterocycles. The maximum atomic E-state index is 12.0. The van der Waals surface area contributed by atoms with Crippen LogP contribution in [0, 0.1) is 5.41 Å². The molecule has 108 valence electrons. The van der Waals surface area contributed by atoms with E-state index >= 15 is 0 Å². The summed E-state index contributed by atoms with van der Waals surface area (Å²) in [6.45, 7) is 4.33. The van der Waals surface area contributed by atoms with Crippen LogP contribution >= 0.6 is 11.8 Å². The Balaban J connectivity index is 1.83. The van der Waals surface area contributed by atoms with Crippen molar-refractivity contribution in [1.82, 2.24) is 10.6 Å². The largest absolute Gasteiger partial charge is 0.396 e. The molecule has 0 aromatic heterocycles. The fraction of sp³-hybridized carbons (Fsp3) is 0.846. The lowest BCUT2D eigenvalue weighted by molar-refractivity contribution is -0.130. The van der Waals surface area contributed by atoms with Gasteiger partial charge in [0.05, 0.1) is 11.4 Å². The number of amides is 2. The maximum Gasteiger partial charge on any atom is 0.243 e. The van der Waals surface area contributed by atoms with Gasteiger partial charge in [0.2, 0.25) is 11.8 Å². The minimum absolute atomic E-state index is 0.0931. The van der Waals surface area contributed by atoms with E-state index in [-0.39, 0.29) is 23.8 Å². The number of hydrogen-bond donors (Lipinski definition) is 3. The summed E-state index contributed by atoms with van der Waals surface area (Å²) in [5.74, 6) is 0.358. The summed E-state index contributed by atoms with van der Waals surface area (Å²) in [5.41, 5.74) is -0.124. The second kappa shape index (κ2) is 5.32. The number of nitrogens with one attached hydrogen (secondary N) is 2. The van der Waals surface area contributed by atoms with Gasteiger partial charge in [-0.15, -0.1) is 11.8 Å². The monoisotopic (exact) mass is 286 g/mol. The van der Waals surface area contributed by atoms with Gasteiger partial charge in [0.15, 0.2) is 0 Å². The van der Waals surface area contributed by atoms with Gasteiger partial charge in [0.1, 0.15) is 6.04 Å². The zero-order chi connectivity index (χ0) is 14.1. The first-order valence-corrected chi connectivity index (χ1v) is 7.71. The summed E-state index contributed by atoms with van der Waals surface area (Å²) in [7, 11) is 0. The second-order valence-electron chi connectivity index (χ2n) is 6.08. The Kier molecular flexibility index (Phi) is 4.11. The smallest absolute Gasteiger partial charge is 0.243 e. The van der Waals surface area contributed by atoms with Crippen molar-refractivity contribution < 1.29 is 14.7 Å². The van der Waals surface area contributed by atoms with Gasteiger partial charge in [-0.3, -0.25) is 9.59 Å². The lowest BCUT2D eigenvalue weighted by atomic mass is 9.69. The van der Waals surface area contributed by atoms with Crippen LogP contribution in [0.25, 0.3) is 0 Å². The third-order valence-electron chi connectivity index (χ3n) is 4.17. The molecule has 19 heavy (non-hydrogen) atoms. The second-order valence-corrected chi connectivity index (χ2v) is 7.72. The van der Waals surface area contributed by atoms with Crippen molar-refractivity contribution in [3.05, 3.63) is 0 Å². The molecule has 1 aliphatic carbocycles. The molecule has 0 unspecified atom stereocenters. The van der Waals surface area contributed by atoms with Crippen molar-refractivity contribution in [3.8, 4) is 0 Å². The van der Waals surface area contributed by atoms with E-state index in [4.69, 9.17) is 0 Å². The van der Waals surface area contributed by atoms with Crippen LogP contribution in [-0.2, 0) is 9.59 Å². The quantitative estimate of drug-likeness (QED) is 0.693. The number of carbonyl (C=O) groups excluding carboxylic acids is 2. The predicted molar refractivity (Wildman–Crippen MR) is 74.8 cm³/mol. The summed E-state index contributed by atoms with van der Waals surface area (Å²) in [6, 6.07) is -0.457. The van der Waals surface area contributed by atoms with Crippen molar-refractivity contribution in [2.24, 2.45) is 5.41 Å². The highest BCUT2D eigenvalue weighted by molar-refractivity contribution is 8.01. The first kappa shape index (κ1) is 14.7. The van der Waals surface area contributed by atoms with Gasteiger partial charge in [-0.05, 0) is 26.7 Å². The van der Waals surface area contributed by atoms with Crippen LogP contribution in [0.15, 0.2) is 0 Å². The molecule has 0 aromatic carbocycles. The van der Waals surface area contributed by atoms with E-state index in [1.807, 2.05) is 13.8 Å². The summed E-state index contributed by atoms with van der Waals surface area (Å²) in [6.07, 6.45) is 3.03. The van der Waals surface area contributed by atoms with Crippen LogP contribution in [0.1, 0.15) is 33.1 Å². The van der Waals surface area contributed by atoms with E-state index in [1.54, 1.807) is 0 Å². The third kappa shape index (κ3) is 3.05. The summed E-state index contributed by atoms with van der Waals surface area (Å²) in [5, 5.41) is 15.0. The van der Waals surface area contributed by atoms with Gasteiger partial charge < -0.3 is 15.7 Å². The van der Waals surface area contributed by atoms with E-state index in [0.717, 1.165) is 19.3 Å². The zero-order valence-corrected chi connectivity index (χ0v) is 12.3. The van der Waals surface area contributed by atoms with E-state index in [1.165, 1.54) is 11.8 Å². The molecule has 0 spiro atoms. The number of aliphatic hydroxyl groups excluding tert-OH is 1. The highest BCUT2D eigenvalue weighted by Gasteiger charge is 2.40. The molecule has 1 saturated carbocycles. The number of carbonyl (C=O) groups is 2. The SMILES string of the molecule is CC1(C)SC[C@@H](C(=O)NCC2(CO)CCC2)NC1=O. The van der Waals surface area contributed by atoms with E-state index < -0.39 is 10.8 Å². The summed E-state index contributed by atoms with van der Waals surface area (Å²) < 4.78 is -0.461. The van der Waals surface area contributed by atoms with Crippen molar-refractivity contribution in [2.45, 2.75) is 43.9 Å². The molecular formula is C13H22N2O3S. The first-order valence-electron chi connectivity index (χ1n) is 6.72. The predicted octanol–water partition coefficient (Wildman–Crippen LogP) is 0.275. The number of aliphatic hydroxyl groups is 1. The van der Waals surface area contributed by atoms with Crippen molar-refractivity contribution in [3.63, 3.8) is 0 Å². The molecular weight excluding hydrogens is 264 g/mol. The lowest BCUT2D eigenvalue weighted by Crippen LogP contribution is -2.58. The van der Waals surface area contributed by atoms with Crippen molar-refractivity contribution in [1.29, 1.82) is 0 Å². The molecule has 2 fully saturated rings. The molecule has 0 aromatic rings. The van der Waals surface area contributed by atoms with Gasteiger partial charge in [0, 0.05) is 17.7 Å². The average Bonchev–Trinajstić information content (AvgIpc) is 2.31. The highest BCUT2D eigenvalue weighted by Crippen LogP contribution is 2.39. The fourth-order valence-electron chi connectivity index (χ4n) is 2.34. The zero-order valence-electron chi connectivity index (χ0n) is 11.5. The van der Waals surface area contributed by atoms with E-state index in [9.17, 15) is 14.7 Å². The summed E-state index contributed by atoms with van der Waals surface area (Å²) >= 11 is 1.50. The first-order chi connectivity index (χ1) is 8.88. The van der Waals surface area contributed by atoms with Crippen LogP contribution in [0.4, 0.5) is 0 Å². The molecule has 1 heterocycles. The molecule has 3 N–H and O–H groups in total. The Bertz CT molecular complexity index is 375. The Hall–Kier alpha value is -0.750. The van der Waals surface area contributed by atoms with Gasteiger partial charge in [-0.25, -0.2) is 0 Å². The molecule has 0 bridgehead atoms. The van der Waals surface area contributed by atoms with E-state index in [0.29, 0.717) is 12.3 Å².